The van der Waals surface area contributed by atoms with Gasteiger partial charge in [-0.15, -0.1) is 6.58 Å². The van der Waals surface area contributed by atoms with Crippen molar-refractivity contribution in [3.05, 3.63) is 12.7 Å². The molecule has 0 aliphatic carbocycles. The van der Waals surface area contributed by atoms with Crippen molar-refractivity contribution < 1.29 is 0 Å². The molecular formula is C7H13N. The van der Waals surface area contributed by atoms with Gasteiger partial charge in [-0.25, -0.2) is 0 Å². The maximum absolute atomic E-state index is 3.75. The lowest BCUT2D eigenvalue weighted by Crippen LogP contribution is -2.21. The first-order chi connectivity index (χ1) is 3.84. The van der Waals surface area contributed by atoms with E-state index in [2.05, 4.69) is 18.5 Å². The number of likely N-dealkylation sites (N-methyl/N-ethyl adjacent to an activating group) is 1. The van der Waals surface area contributed by atoms with Crippen molar-refractivity contribution in [2.45, 2.75) is 18.9 Å². The van der Waals surface area contributed by atoms with Gasteiger partial charge >= 0.3 is 0 Å². The highest BCUT2D eigenvalue weighted by atomic mass is 15.1. The van der Waals surface area contributed by atoms with Crippen molar-refractivity contribution in [3.8, 4) is 0 Å². The zero-order valence-corrected chi connectivity index (χ0v) is 5.43. The highest BCUT2D eigenvalue weighted by Crippen LogP contribution is 2.14. The average Bonchev–Trinajstić information content (AvgIpc) is 2.14. The molecule has 1 aliphatic heterocycles. The minimum Gasteiger partial charge on any atom is -0.300 e. The van der Waals surface area contributed by atoms with Gasteiger partial charge in [-0.1, -0.05) is 6.08 Å². The fraction of sp³-hybridized carbons (Fsp3) is 0.714. The van der Waals surface area contributed by atoms with E-state index in [0.717, 1.165) is 0 Å². The van der Waals surface area contributed by atoms with Crippen molar-refractivity contribution >= 4 is 0 Å². The molecule has 1 rings (SSSR count). The van der Waals surface area contributed by atoms with Crippen LogP contribution in [0.15, 0.2) is 12.7 Å². The minimum atomic E-state index is 0.662. The summed E-state index contributed by atoms with van der Waals surface area (Å²) in [5.74, 6) is 0. The van der Waals surface area contributed by atoms with Gasteiger partial charge in [0.2, 0.25) is 0 Å². The van der Waals surface area contributed by atoms with E-state index in [4.69, 9.17) is 0 Å². The Labute approximate surface area is 51.0 Å². The molecule has 0 aromatic rings. The standard InChI is InChI=1S/C7H13N/c1-3-7-5-4-6-8(7)2/h3,7H,1,4-6H2,2H3. The fourth-order valence-electron chi connectivity index (χ4n) is 1.23. The van der Waals surface area contributed by atoms with E-state index >= 15 is 0 Å². The molecule has 1 nitrogen and oxygen atoms in total. The molecule has 0 aromatic carbocycles. The summed E-state index contributed by atoms with van der Waals surface area (Å²) in [7, 11) is 2.15. The highest BCUT2D eigenvalue weighted by molar-refractivity contribution is 4.90. The summed E-state index contributed by atoms with van der Waals surface area (Å²) in [6, 6.07) is 0.662. The third-order valence-corrected chi connectivity index (χ3v) is 1.85. The van der Waals surface area contributed by atoms with Crippen molar-refractivity contribution in [1.29, 1.82) is 0 Å². The first kappa shape index (κ1) is 5.83. The average molecular weight is 111 g/mol. The van der Waals surface area contributed by atoms with Crippen LogP contribution in [0, 0.1) is 0 Å². The first-order valence-corrected chi connectivity index (χ1v) is 3.17. The smallest absolute Gasteiger partial charge is 0.0273 e. The molecule has 0 amide bonds. The molecule has 0 radical (unpaired) electrons. The van der Waals surface area contributed by atoms with Gasteiger partial charge in [0.25, 0.3) is 0 Å². The van der Waals surface area contributed by atoms with Crippen LogP contribution in [0.3, 0.4) is 0 Å². The zero-order chi connectivity index (χ0) is 5.98. The molecule has 46 valence electrons. The van der Waals surface area contributed by atoms with Crippen LogP contribution in [-0.2, 0) is 0 Å². The summed E-state index contributed by atoms with van der Waals surface area (Å²) < 4.78 is 0. The van der Waals surface area contributed by atoms with Gasteiger partial charge in [0.05, 0.1) is 0 Å². The quantitative estimate of drug-likeness (QED) is 0.460. The molecule has 1 heterocycles. The van der Waals surface area contributed by atoms with E-state index < -0.39 is 0 Å². The van der Waals surface area contributed by atoms with E-state index in [9.17, 15) is 0 Å². The van der Waals surface area contributed by atoms with Gasteiger partial charge in [-0.3, -0.25) is 4.90 Å². The molecule has 1 atom stereocenters. The van der Waals surface area contributed by atoms with E-state index in [-0.39, 0.29) is 0 Å². The van der Waals surface area contributed by atoms with Gasteiger partial charge < -0.3 is 0 Å². The Hall–Kier alpha value is -0.300. The lowest BCUT2D eigenvalue weighted by Gasteiger charge is -2.13. The maximum atomic E-state index is 3.75. The van der Waals surface area contributed by atoms with Gasteiger partial charge in [0, 0.05) is 6.04 Å². The van der Waals surface area contributed by atoms with Crippen molar-refractivity contribution in [3.63, 3.8) is 0 Å². The van der Waals surface area contributed by atoms with Crippen LogP contribution in [-0.4, -0.2) is 24.5 Å². The lowest BCUT2D eigenvalue weighted by molar-refractivity contribution is 0.357. The van der Waals surface area contributed by atoms with E-state index in [0.29, 0.717) is 6.04 Å². The maximum Gasteiger partial charge on any atom is 0.0273 e. The monoisotopic (exact) mass is 111 g/mol. The summed E-state index contributed by atoms with van der Waals surface area (Å²) in [6.45, 7) is 5.00. The number of rotatable bonds is 1. The number of nitrogens with zero attached hydrogens (tertiary/aromatic N) is 1. The molecular weight excluding hydrogens is 98.1 g/mol. The van der Waals surface area contributed by atoms with Crippen LogP contribution in [0.4, 0.5) is 0 Å². The second-order valence-electron chi connectivity index (χ2n) is 2.43. The van der Waals surface area contributed by atoms with Crippen molar-refractivity contribution in [2.75, 3.05) is 13.6 Å². The molecule has 1 unspecified atom stereocenters. The first-order valence-electron chi connectivity index (χ1n) is 3.17. The van der Waals surface area contributed by atoms with Crippen LogP contribution in [0.1, 0.15) is 12.8 Å². The predicted octanol–water partition coefficient (Wildman–Crippen LogP) is 1.27. The van der Waals surface area contributed by atoms with Crippen LogP contribution in [0.2, 0.25) is 0 Å². The van der Waals surface area contributed by atoms with Gasteiger partial charge in [0.1, 0.15) is 0 Å². The van der Waals surface area contributed by atoms with E-state index in [1.165, 1.54) is 19.4 Å². The van der Waals surface area contributed by atoms with Crippen molar-refractivity contribution in [2.24, 2.45) is 0 Å². The minimum absolute atomic E-state index is 0.662. The van der Waals surface area contributed by atoms with E-state index in [1.54, 1.807) is 0 Å². The Morgan fingerprint density at radius 1 is 1.75 bits per heavy atom. The van der Waals surface area contributed by atoms with Crippen LogP contribution < -0.4 is 0 Å². The number of hydrogen-bond acceptors (Lipinski definition) is 1. The number of hydrogen-bond donors (Lipinski definition) is 0. The summed E-state index contributed by atoms with van der Waals surface area (Å²) in [6.07, 6.45) is 4.68. The second-order valence-corrected chi connectivity index (χ2v) is 2.43. The SMILES string of the molecule is C=CC1CCCN1C. The van der Waals surface area contributed by atoms with E-state index in [1.807, 2.05) is 6.08 Å². The van der Waals surface area contributed by atoms with Crippen molar-refractivity contribution in [1.82, 2.24) is 4.90 Å². The molecule has 0 spiro atoms. The van der Waals surface area contributed by atoms with Gasteiger partial charge in [0.15, 0.2) is 0 Å². The summed E-state index contributed by atoms with van der Waals surface area (Å²) >= 11 is 0. The topological polar surface area (TPSA) is 3.24 Å². The molecule has 0 bridgehead atoms. The van der Waals surface area contributed by atoms with Gasteiger partial charge in [-0.05, 0) is 26.4 Å². The fourth-order valence-corrected chi connectivity index (χ4v) is 1.23. The summed E-state index contributed by atoms with van der Waals surface area (Å²) in [5, 5.41) is 0. The van der Waals surface area contributed by atoms with Gasteiger partial charge in [-0.2, -0.15) is 0 Å². The molecule has 0 N–H and O–H groups in total. The second kappa shape index (κ2) is 2.31. The van der Waals surface area contributed by atoms with Crippen LogP contribution >= 0.6 is 0 Å². The molecule has 0 saturated carbocycles. The largest absolute Gasteiger partial charge is 0.300 e. The summed E-state index contributed by atoms with van der Waals surface area (Å²) in [5.41, 5.74) is 0. The Morgan fingerprint density at radius 3 is 2.75 bits per heavy atom. The highest BCUT2D eigenvalue weighted by Gasteiger charge is 2.16. The normalized spacial score (nSPS) is 30.9. The molecule has 8 heavy (non-hydrogen) atoms. The molecule has 1 aliphatic rings. The predicted molar refractivity (Wildman–Crippen MR) is 35.8 cm³/mol. The molecule has 0 aromatic heterocycles. The zero-order valence-electron chi connectivity index (χ0n) is 5.43. The Kier molecular flexibility index (Phi) is 1.69. The Balaban J connectivity index is 2.41. The molecule has 1 fully saturated rings. The Bertz CT molecular complexity index is 88.4. The lowest BCUT2D eigenvalue weighted by atomic mass is 10.2. The summed E-state index contributed by atoms with van der Waals surface area (Å²) in [4.78, 5) is 2.34. The molecule has 1 saturated heterocycles. The third-order valence-electron chi connectivity index (χ3n) is 1.85. The Morgan fingerprint density at radius 2 is 2.50 bits per heavy atom. The third kappa shape index (κ3) is 0.920. The van der Waals surface area contributed by atoms with Crippen LogP contribution in [0.5, 0.6) is 0 Å². The van der Waals surface area contributed by atoms with Crippen LogP contribution in [0.25, 0.3) is 0 Å². The molecule has 1 heteroatoms. The number of likely N-dealkylation sites (tertiary alicyclic amines) is 1.